The quantitative estimate of drug-likeness (QED) is 0.585. The smallest absolute Gasteiger partial charge is 0.0491 e. The van der Waals surface area contributed by atoms with Crippen molar-refractivity contribution in [1.29, 1.82) is 0 Å². The molecule has 0 saturated heterocycles. The summed E-state index contributed by atoms with van der Waals surface area (Å²) in [5, 5.41) is 1.28. The van der Waals surface area contributed by atoms with Crippen LogP contribution < -0.4 is 0 Å². The topological polar surface area (TPSA) is 4.93 Å². The Morgan fingerprint density at radius 1 is 1.33 bits per heavy atom. The number of aryl methyl sites for hydroxylation is 1. The molecule has 1 aromatic carbocycles. The van der Waals surface area contributed by atoms with Crippen LogP contribution in [-0.2, 0) is 6.54 Å². The number of halogens is 1. The summed E-state index contributed by atoms with van der Waals surface area (Å²) >= 11 is 3.49. The molecular formula is C13H12BrN. The Balaban J connectivity index is 2.28. The first-order valence-corrected chi connectivity index (χ1v) is 5.78. The normalized spacial score (nSPS) is 10.4. The predicted molar refractivity (Wildman–Crippen MR) is 67.7 cm³/mol. The molecule has 0 N–H and O–H groups in total. The molecule has 1 aromatic heterocycles. The SMILES string of the molecule is C#CCCCn1ccc2ccc(Br)cc21. The van der Waals surface area contributed by atoms with Gasteiger partial charge in [0.1, 0.15) is 0 Å². The Labute approximate surface area is 98.2 Å². The standard InChI is InChI=1S/C13H12BrN/c1-2-3-4-8-15-9-7-11-5-6-12(14)10-13(11)15/h1,5-7,9-10H,3-4,8H2. The van der Waals surface area contributed by atoms with Gasteiger partial charge in [-0.1, -0.05) is 22.0 Å². The van der Waals surface area contributed by atoms with Gasteiger partial charge >= 0.3 is 0 Å². The van der Waals surface area contributed by atoms with Gasteiger partial charge in [0.25, 0.3) is 0 Å². The number of fused-ring (bicyclic) bond motifs is 1. The number of hydrogen-bond acceptors (Lipinski definition) is 0. The Bertz CT molecular complexity index is 505. The van der Waals surface area contributed by atoms with E-state index in [1.54, 1.807) is 0 Å². The molecule has 0 aliphatic heterocycles. The molecule has 0 aliphatic rings. The van der Waals surface area contributed by atoms with Gasteiger partial charge in [-0.25, -0.2) is 0 Å². The molecule has 76 valence electrons. The van der Waals surface area contributed by atoms with Crippen molar-refractivity contribution < 1.29 is 0 Å². The maximum absolute atomic E-state index is 5.24. The van der Waals surface area contributed by atoms with Crippen LogP contribution in [0.25, 0.3) is 10.9 Å². The fourth-order valence-electron chi connectivity index (χ4n) is 1.70. The summed E-state index contributed by atoms with van der Waals surface area (Å²) in [6.45, 7) is 0.990. The molecule has 1 heterocycles. The zero-order chi connectivity index (χ0) is 10.7. The fourth-order valence-corrected chi connectivity index (χ4v) is 2.05. The minimum Gasteiger partial charge on any atom is -0.347 e. The second-order valence-corrected chi connectivity index (χ2v) is 4.44. The van der Waals surface area contributed by atoms with Gasteiger partial charge in [-0.2, -0.15) is 0 Å². The average molecular weight is 262 g/mol. The molecule has 0 amide bonds. The largest absolute Gasteiger partial charge is 0.347 e. The number of unbranched alkanes of at least 4 members (excludes halogenated alkanes) is 1. The molecule has 0 fully saturated rings. The summed E-state index contributed by atoms with van der Waals surface area (Å²) in [5.41, 5.74) is 1.27. The number of benzene rings is 1. The van der Waals surface area contributed by atoms with E-state index in [2.05, 4.69) is 56.9 Å². The molecule has 0 bridgehead atoms. The number of hydrogen-bond donors (Lipinski definition) is 0. The zero-order valence-electron chi connectivity index (χ0n) is 8.41. The van der Waals surface area contributed by atoms with Gasteiger partial charge < -0.3 is 4.57 Å². The molecule has 0 aliphatic carbocycles. The van der Waals surface area contributed by atoms with Crippen molar-refractivity contribution in [3.05, 3.63) is 34.9 Å². The highest BCUT2D eigenvalue weighted by atomic mass is 79.9. The van der Waals surface area contributed by atoms with Crippen LogP contribution in [0.15, 0.2) is 34.9 Å². The molecule has 0 saturated carbocycles. The molecule has 2 rings (SSSR count). The summed E-state index contributed by atoms with van der Waals surface area (Å²) < 4.78 is 3.36. The Hall–Kier alpha value is -1.20. The van der Waals surface area contributed by atoms with Crippen LogP contribution in [0.5, 0.6) is 0 Å². The maximum atomic E-state index is 5.24. The van der Waals surface area contributed by atoms with Crippen molar-refractivity contribution in [2.45, 2.75) is 19.4 Å². The lowest BCUT2D eigenvalue weighted by Gasteiger charge is -2.03. The van der Waals surface area contributed by atoms with Gasteiger partial charge in [0, 0.05) is 29.2 Å². The lowest BCUT2D eigenvalue weighted by Crippen LogP contribution is -1.95. The first-order valence-electron chi connectivity index (χ1n) is 4.99. The molecule has 15 heavy (non-hydrogen) atoms. The van der Waals surface area contributed by atoms with Gasteiger partial charge in [0.2, 0.25) is 0 Å². The van der Waals surface area contributed by atoms with E-state index >= 15 is 0 Å². The van der Waals surface area contributed by atoms with Crippen LogP contribution in [0.4, 0.5) is 0 Å². The van der Waals surface area contributed by atoms with E-state index in [0.717, 1.165) is 23.9 Å². The number of aromatic nitrogens is 1. The van der Waals surface area contributed by atoms with Crippen LogP contribution in [0.2, 0.25) is 0 Å². The molecule has 1 nitrogen and oxygen atoms in total. The minimum atomic E-state index is 0.841. The third-order valence-corrected chi connectivity index (χ3v) is 2.95. The first kappa shape index (κ1) is 10.3. The summed E-state index contributed by atoms with van der Waals surface area (Å²) in [7, 11) is 0. The molecule has 2 heteroatoms. The van der Waals surface area contributed by atoms with Crippen molar-refractivity contribution >= 4 is 26.8 Å². The lowest BCUT2D eigenvalue weighted by atomic mass is 10.2. The fraction of sp³-hybridized carbons (Fsp3) is 0.231. The second-order valence-electron chi connectivity index (χ2n) is 3.52. The molecule has 2 aromatic rings. The Morgan fingerprint density at radius 3 is 3.00 bits per heavy atom. The third kappa shape index (κ3) is 2.24. The second kappa shape index (κ2) is 4.55. The average Bonchev–Trinajstić information content (AvgIpc) is 2.62. The van der Waals surface area contributed by atoms with Crippen LogP contribution in [0, 0.1) is 12.3 Å². The molecule has 0 atom stereocenters. The van der Waals surface area contributed by atoms with E-state index in [0.29, 0.717) is 0 Å². The van der Waals surface area contributed by atoms with Crippen LogP contribution in [0.3, 0.4) is 0 Å². The Morgan fingerprint density at radius 2 is 2.20 bits per heavy atom. The van der Waals surface area contributed by atoms with E-state index in [-0.39, 0.29) is 0 Å². The molecule has 0 unspecified atom stereocenters. The van der Waals surface area contributed by atoms with E-state index in [9.17, 15) is 0 Å². The monoisotopic (exact) mass is 261 g/mol. The maximum Gasteiger partial charge on any atom is 0.0491 e. The van der Waals surface area contributed by atoms with E-state index in [1.807, 2.05) is 0 Å². The zero-order valence-corrected chi connectivity index (χ0v) is 10.00. The first-order chi connectivity index (χ1) is 7.31. The summed E-state index contributed by atoms with van der Waals surface area (Å²) in [6.07, 6.45) is 9.23. The lowest BCUT2D eigenvalue weighted by molar-refractivity contribution is 0.677. The van der Waals surface area contributed by atoms with Gasteiger partial charge in [-0.05, 0) is 30.0 Å². The van der Waals surface area contributed by atoms with Crippen molar-refractivity contribution in [3.8, 4) is 12.3 Å². The van der Waals surface area contributed by atoms with Crippen molar-refractivity contribution in [3.63, 3.8) is 0 Å². The van der Waals surface area contributed by atoms with Crippen molar-refractivity contribution in [1.82, 2.24) is 4.57 Å². The van der Waals surface area contributed by atoms with E-state index < -0.39 is 0 Å². The Kier molecular flexibility index (Phi) is 3.13. The van der Waals surface area contributed by atoms with Gasteiger partial charge in [0.05, 0.1) is 0 Å². The van der Waals surface area contributed by atoms with Gasteiger partial charge in [0.15, 0.2) is 0 Å². The van der Waals surface area contributed by atoms with Crippen molar-refractivity contribution in [2.24, 2.45) is 0 Å². The van der Waals surface area contributed by atoms with E-state index in [1.165, 1.54) is 10.9 Å². The van der Waals surface area contributed by atoms with Crippen LogP contribution in [0.1, 0.15) is 12.8 Å². The third-order valence-electron chi connectivity index (χ3n) is 2.46. The summed E-state index contributed by atoms with van der Waals surface area (Å²) in [5.74, 6) is 2.67. The number of nitrogens with zero attached hydrogens (tertiary/aromatic N) is 1. The van der Waals surface area contributed by atoms with E-state index in [4.69, 9.17) is 6.42 Å². The highest BCUT2D eigenvalue weighted by Crippen LogP contribution is 2.21. The molecule has 0 radical (unpaired) electrons. The van der Waals surface area contributed by atoms with Gasteiger partial charge in [-0.3, -0.25) is 0 Å². The summed E-state index contributed by atoms with van der Waals surface area (Å²) in [4.78, 5) is 0. The highest BCUT2D eigenvalue weighted by molar-refractivity contribution is 9.10. The van der Waals surface area contributed by atoms with Crippen molar-refractivity contribution in [2.75, 3.05) is 0 Å². The predicted octanol–water partition coefficient (Wildman–Crippen LogP) is 3.82. The number of terminal acetylenes is 1. The van der Waals surface area contributed by atoms with Crippen LogP contribution in [-0.4, -0.2) is 4.57 Å². The number of rotatable bonds is 3. The molecule has 0 spiro atoms. The van der Waals surface area contributed by atoms with Crippen LogP contribution >= 0.6 is 15.9 Å². The molecular weight excluding hydrogens is 250 g/mol. The highest BCUT2D eigenvalue weighted by Gasteiger charge is 2.00. The van der Waals surface area contributed by atoms with Gasteiger partial charge in [-0.15, -0.1) is 12.3 Å². The minimum absolute atomic E-state index is 0.841. The summed E-state index contributed by atoms with van der Waals surface area (Å²) in [6, 6.07) is 8.47.